The third kappa shape index (κ3) is 4.79. The minimum atomic E-state index is -4.31. The van der Waals surface area contributed by atoms with Crippen molar-refractivity contribution in [2.24, 2.45) is 0 Å². The smallest absolute Gasteiger partial charge is 0.400 e. The molecule has 10 heteroatoms. The van der Waals surface area contributed by atoms with Gasteiger partial charge in [0.25, 0.3) is 0 Å². The van der Waals surface area contributed by atoms with E-state index < -0.39 is 36.8 Å². The molecule has 0 bridgehead atoms. The lowest BCUT2D eigenvalue weighted by atomic mass is 10.0. The van der Waals surface area contributed by atoms with Gasteiger partial charge in [-0.2, -0.15) is 23.4 Å². The summed E-state index contributed by atoms with van der Waals surface area (Å²) in [5.41, 5.74) is -1.85. The van der Waals surface area contributed by atoms with Crippen molar-refractivity contribution in [3.63, 3.8) is 0 Å². The fourth-order valence-electron chi connectivity index (χ4n) is 2.97. The highest BCUT2D eigenvalue weighted by Gasteiger charge is 2.65. The Morgan fingerprint density at radius 2 is 1.44 bits per heavy atom. The fourth-order valence-corrected chi connectivity index (χ4v) is 14.5. The first kappa shape index (κ1) is 20.7. The second-order valence-corrected chi connectivity index (χ2v) is 21.3. The standard InChI is InChI=1S/C15H27F3N2O2Si3/c1-23(2,3)21-25(7,22-24(4,5)6)12-10-13(20-19-11-12)14(8-9-14)15(16,17)18/h10-11H,8-9H2,1-7H3. The van der Waals surface area contributed by atoms with E-state index in [9.17, 15) is 13.2 Å². The number of hydrogen-bond acceptors (Lipinski definition) is 4. The molecule has 0 radical (unpaired) electrons. The Bertz CT molecular complexity index is 622. The topological polar surface area (TPSA) is 44.2 Å². The average Bonchev–Trinajstić information content (AvgIpc) is 3.14. The number of halogens is 3. The molecule has 1 aromatic rings. The summed E-state index contributed by atoms with van der Waals surface area (Å²) in [7, 11) is -6.83. The maximum Gasteiger partial charge on any atom is 0.400 e. The first-order valence-electron chi connectivity index (χ1n) is 8.39. The highest BCUT2D eigenvalue weighted by Crippen LogP contribution is 2.58. The van der Waals surface area contributed by atoms with Gasteiger partial charge in [-0.1, -0.05) is 0 Å². The molecule has 0 aromatic carbocycles. The molecule has 0 spiro atoms. The molecule has 1 heterocycles. The van der Waals surface area contributed by atoms with E-state index in [2.05, 4.69) is 49.5 Å². The summed E-state index contributed by atoms with van der Waals surface area (Å²) in [5.74, 6) is 0. The molecule has 0 N–H and O–H groups in total. The molecule has 1 aromatic heterocycles. The lowest BCUT2D eigenvalue weighted by Gasteiger charge is -2.38. The lowest BCUT2D eigenvalue weighted by molar-refractivity contribution is -0.161. The van der Waals surface area contributed by atoms with Crippen LogP contribution in [0.1, 0.15) is 18.5 Å². The Balaban J connectivity index is 2.47. The number of hydrogen-bond donors (Lipinski definition) is 0. The van der Waals surface area contributed by atoms with Crippen LogP contribution in [0.2, 0.25) is 45.8 Å². The molecule has 1 aliphatic carbocycles. The van der Waals surface area contributed by atoms with Crippen molar-refractivity contribution in [3.8, 4) is 0 Å². The minimum absolute atomic E-state index is 0.00502. The van der Waals surface area contributed by atoms with Crippen molar-refractivity contribution in [2.75, 3.05) is 0 Å². The minimum Gasteiger partial charge on any atom is -0.433 e. The third-order valence-corrected chi connectivity index (χ3v) is 13.3. The number of aromatic nitrogens is 2. The molecule has 0 aliphatic heterocycles. The van der Waals surface area contributed by atoms with E-state index in [1.807, 2.05) is 6.55 Å². The first-order chi connectivity index (χ1) is 11.1. The highest BCUT2D eigenvalue weighted by molar-refractivity contribution is 6.94. The fraction of sp³-hybridized carbons (Fsp3) is 0.733. The predicted molar refractivity (Wildman–Crippen MR) is 99.1 cm³/mol. The van der Waals surface area contributed by atoms with E-state index in [4.69, 9.17) is 8.23 Å². The Labute approximate surface area is 150 Å². The quantitative estimate of drug-likeness (QED) is 0.666. The summed E-state index contributed by atoms with van der Waals surface area (Å²) in [4.78, 5) is 0. The third-order valence-electron chi connectivity index (χ3n) is 3.96. The highest BCUT2D eigenvalue weighted by atomic mass is 28.5. The summed E-state index contributed by atoms with van der Waals surface area (Å²) < 4.78 is 53.1. The van der Waals surface area contributed by atoms with Crippen LogP contribution in [0.5, 0.6) is 0 Å². The Kier molecular flexibility index (Phi) is 5.19. The number of rotatable bonds is 6. The Morgan fingerprint density at radius 3 is 1.80 bits per heavy atom. The van der Waals surface area contributed by atoms with Crippen molar-refractivity contribution in [1.82, 2.24) is 10.2 Å². The Hall–Kier alpha value is -0.559. The van der Waals surface area contributed by atoms with Gasteiger partial charge in [0.1, 0.15) is 5.41 Å². The summed E-state index contributed by atoms with van der Waals surface area (Å²) >= 11 is 0. The zero-order chi connectivity index (χ0) is 19.3. The molecule has 0 amide bonds. The molecular weight excluding hydrogens is 381 g/mol. The monoisotopic (exact) mass is 408 g/mol. The summed E-state index contributed by atoms with van der Waals surface area (Å²) in [6, 6.07) is 1.53. The van der Waals surface area contributed by atoms with Crippen molar-refractivity contribution < 1.29 is 21.4 Å². The maximum atomic E-state index is 13.4. The van der Waals surface area contributed by atoms with Crippen LogP contribution in [-0.2, 0) is 13.6 Å². The second-order valence-electron chi connectivity index (χ2n) is 8.78. The first-order valence-corrected chi connectivity index (χ1v) is 17.5. The summed E-state index contributed by atoms with van der Waals surface area (Å²) in [6.07, 6.45) is -2.66. The predicted octanol–water partition coefficient (Wildman–Crippen LogP) is 4.05. The van der Waals surface area contributed by atoms with Gasteiger partial charge >= 0.3 is 14.7 Å². The van der Waals surface area contributed by atoms with E-state index in [1.165, 1.54) is 12.3 Å². The molecule has 4 nitrogen and oxygen atoms in total. The van der Waals surface area contributed by atoms with Crippen LogP contribution in [0.15, 0.2) is 12.3 Å². The molecular formula is C15H27F3N2O2Si3. The van der Waals surface area contributed by atoms with E-state index in [0.29, 0.717) is 5.19 Å². The zero-order valence-electron chi connectivity index (χ0n) is 15.9. The van der Waals surface area contributed by atoms with Crippen LogP contribution in [0.25, 0.3) is 0 Å². The Morgan fingerprint density at radius 1 is 0.960 bits per heavy atom. The largest absolute Gasteiger partial charge is 0.433 e. The van der Waals surface area contributed by atoms with Gasteiger partial charge in [0.2, 0.25) is 0 Å². The molecule has 25 heavy (non-hydrogen) atoms. The van der Waals surface area contributed by atoms with Gasteiger partial charge in [-0.05, 0) is 64.7 Å². The second kappa shape index (κ2) is 6.26. The molecule has 2 rings (SSSR count). The van der Waals surface area contributed by atoms with E-state index >= 15 is 0 Å². The van der Waals surface area contributed by atoms with Crippen molar-refractivity contribution in [3.05, 3.63) is 18.0 Å². The van der Waals surface area contributed by atoms with Crippen LogP contribution < -0.4 is 5.19 Å². The number of nitrogens with zero attached hydrogens (tertiary/aromatic N) is 2. The van der Waals surface area contributed by atoms with Crippen molar-refractivity contribution in [2.45, 2.75) is 70.3 Å². The summed E-state index contributed by atoms with van der Waals surface area (Å²) in [6.45, 7) is 14.2. The molecule has 142 valence electrons. The SMILES string of the molecule is C[Si](C)(C)O[Si](C)(O[Si](C)(C)C)c1cnnc(C2(C(F)(F)F)CC2)c1. The molecule has 0 atom stereocenters. The van der Waals surface area contributed by atoms with Crippen molar-refractivity contribution in [1.29, 1.82) is 0 Å². The lowest BCUT2D eigenvalue weighted by Crippen LogP contribution is -2.60. The van der Waals surface area contributed by atoms with Crippen LogP contribution >= 0.6 is 0 Å². The van der Waals surface area contributed by atoms with Gasteiger partial charge in [-0.25, -0.2) is 0 Å². The average molecular weight is 409 g/mol. The zero-order valence-corrected chi connectivity index (χ0v) is 18.9. The van der Waals surface area contributed by atoms with Crippen LogP contribution in [-0.4, -0.2) is 41.6 Å². The van der Waals surface area contributed by atoms with Crippen molar-refractivity contribution >= 4 is 30.4 Å². The molecule has 1 fully saturated rings. The molecule has 1 aliphatic rings. The molecule has 1 saturated carbocycles. The van der Waals surface area contributed by atoms with Gasteiger partial charge in [0, 0.05) is 5.19 Å². The van der Waals surface area contributed by atoms with Gasteiger partial charge in [0.05, 0.1) is 11.9 Å². The van der Waals surface area contributed by atoms with Crippen LogP contribution in [0.3, 0.4) is 0 Å². The van der Waals surface area contributed by atoms with Gasteiger partial charge in [0.15, 0.2) is 16.6 Å². The van der Waals surface area contributed by atoms with Gasteiger partial charge in [-0.3, -0.25) is 0 Å². The van der Waals surface area contributed by atoms with E-state index in [1.54, 1.807) is 0 Å². The number of alkyl halides is 3. The summed E-state index contributed by atoms with van der Waals surface area (Å²) in [5, 5.41) is 8.33. The van der Waals surface area contributed by atoms with E-state index in [0.717, 1.165) is 0 Å². The van der Waals surface area contributed by atoms with Crippen LogP contribution in [0.4, 0.5) is 13.2 Å². The normalized spacial score (nSPS) is 18.3. The van der Waals surface area contributed by atoms with E-state index in [-0.39, 0.29) is 18.5 Å². The molecule has 0 saturated heterocycles. The van der Waals surface area contributed by atoms with Gasteiger partial charge in [-0.15, -0.1) is 0 Å². The molecule has 0 unspecified atom stereocenters. The maximum absolute atomic E-state index is 13.4. The van der Waals surface area contributed by atoms with Gasteiger partial charge < -0.3 is 8.23 Å². The van der Waals surface area contributed by atoms with Crippen LogP contribution in [0, 0.1) is 0 Å².